The summed E-state index contributed by atoms with van der Waals surface area (Å²) >= 11 is 0. The second-order valence-corrected chi connectivity index (χ2v) is 7.52. The SMILES string of the molecule is O=C(O)CCC1CCCN(CC(=O)Nc2ccc(OCc3ccccc3)cc2)C1. The van der Waals surface area contributed by atoms with Crippen LogP contribution < -0.4 is 10.1 Å². The van der Waals surface area contributed by atoms with Gasteiger partial charge in [0.2, 0.25) is 5.91 Å². The summed E-state index contributed by atoms with van der Waals surface area (Å²) in [6.45, 7) is 2.50. The van der Waals surface area contributed by atoms with Crippen LogP contribution in [0.1, 0.15) is 31.2 Å². The van der Waals surface area contributed by atoms with Crippen LogP contribution in [-0.4, -0.2) is 41.5 Å². The molecule has 1 aliphatic rings. The molecule has 0 aromatic heterocycles. The number of likely N-dealkylation sites (tertiary alicyclic amines) is 1. The molecule has 2 aromatic rings. The zero-order valence-electron chi connectivity index (χ0n) is 16.5. The van der Waals surface area contributed by atoms with E-state index in [-0.39, 0.29) is 12.3 Å². The molecule has 2 N–H and O–H groups in total. The van der Waals surface area contributed by atoms with E-state index >= 15 is 0 Å². The number of piperidine rings is 1. The third-order valence-electron chi connectivity index (χ3n) is 5.12. The number of anilines is 1. The number of carbonyl (C=O) groups excluding carboxylic acids is 1. The van der Waals surface area contributed by atoms with Crippen molar-refractivity contribution in [2.45, 2.75) is 32.3 Å². The van der Waals surface area contributed by atoms with Crippen molar-refractivity contribution in [1.29, 1.82) is 0 Å². The molecule has 1 saturated heterocycles. The Kier molecular flexibility index (Phi) is 7.64. The third kappa shape index (κ3) is 7.23. The second-order valence-electron chi connectivity index (χ2n) is 7.52. The normalized spacial score (nSPS) is 16.9. The number of aliphatic carboxylic acids is 1. The summed E-state index contributed by atoms with van der Waals surface area (Å²) in [5.74, 6) is 0.302. The average molecular weight is 396 g/mol. The highest BCUT2D eigenvalue weighted by Gasteiger charge is 2.22. The first-order valence-corrected chi connectivity index (χ1v) is 10.1. The standard InChI is InChI=1S/C23H28N2O4/c26-22(16-25-14-4-7-18(15-25)8-13-23(27)28)24-20-9-11-21(12-10-20)29-17-19-5-2-1-3-6-19/h1-3,5-6,9-12,18H,4,7-8,13-17H2,(H,24,26)(H,27,28). The number of carboxylic acid groups (broad SMARTS) is 1. The van der Waals surface area contributed by atoms with Gasteiger partial charge in [-0.15, -0.1) is 0 Å². The number of carboxylic acids is 1. The highest BCUT2D eigenvalue weighted by atomic mass is 16.5. The smallest absolute Gasteiger partial charge is 0.303 e. The Morgan fingerprint density at radius 1 is 1.10 bits per heavy atom. The number of hydrogen-bond acceptors (Lipinski definition) is 4. The predicted octanol–water partition coefficient (Wildman–Crippen LogP) is 3.78. The second kappa shape index (κ2) is 10.6. The molecule has 1 unspecified atom stereocenters. The lowest BCUT2D eigenvalue weighted by molar-refractivity contribution is -0.137. The van der Waals surface area contributed by atoms with Crippen molar-refractivity contribution < 1.29 is 19.4 Å². The molecule has 0 saturated carbocycles. The van der Waals surface area contributed by atoms with Crippen molar-refractivity contribution in [2.24, 2.45) is 5.92 Å². The van der Waals surface area contributed by atoms with E-state index in [1.54, 1.807) is 0 Å². The summed E-state index contributed by atoms with van der Waals surface area (Å²) in [6, 6.07) is 17.3. The monoisotopic (exact) mass is 396 g/mol. The van der Waals surface area contributed by atoms with Crippen molar-refractivity contribution in [1.82, 2.24) is 4.90 Å². The van der Waals surface area contributed by atoms with Gasteiger partial charge < -0.3 is 15.2 Å². The fourth-order valence-electron chi connectivity index (χ4n) is 3.64. The predicted molar refractivity (Wildman–Crippen MR) is 112 cm³/mol. The molecule has 0 radical (unpaired) electrons. The van der Waals surface area contributed by atoms with E-state index in [0.717, 1.165) is 42.9 Å². The molecule has 2 aromatic carbocycles. The first-order valence-electron chi connectivity index (χ1n) is 10.1. The first-order chi connectivity index (χ1) is 14.1. The van der Waals surface area contributed by atoms with E-state index in [4.69, 9.17) is 9.84 Å². The fourth-order valence-corrected chi connectivity index (χ4v) is 3.64. The van der Waals surface area contributed by atoms with Crippen molar-refractivity contribution >= 4 is 17.6 Å². The van der Waals surface area contributed by atoms with Crippen LogP contribution in [-0.2, 0) is 16.2 Å². The number of rotatable bonds is 9. The van der Waals surface area contributed by atoms with Crippen molar-refractivity contribution in [2.75, 3.05) is 25.0 Å². The fraction of sp³-hybridized carbons (Fsp3) is 0.391. The Balaban J connectivity index is 1.42. The molecule has 1 fully saturated rings. The van der Waals surface area contributed by atoms with Crippen molar-refractivity contribution in [3.63, 3.8) is 0 Å². The van der Waals surface area contributed by atoms with Gasteiger partial charge in [-0.2, -0.15) is 0 Å². The quantitative estimate of drug-likeness (QED) is 0.674. The Bertz CT molecular complexity index is 792. The van der Waals surface area contributed by atoms with Gasteiger partial charge in [0.05, 0.1) is 6.54 Å². The van der Waals surface area contributed by atoms with Gasteiger partial charge in [0, 0.05) is 18.7 Å². The van der Waals surface area contributed by atoms with Gasteiger partial charge >= 0.3 is 5.97 Å². The molecule has 3 rings (SSSR count). The zero-order chi connectivity index (χ0) is 20.5. The van der Waals surface area contributed by atoms with Crippen LogP contribution in [0.4, 0.5) is 5.69 Å². The van der Waals surface area contributed by atoms with Crippen molar-refractivity contribution in [3.05, 3.63) is 60.2 Å². The minimum absolute atomic E-state index is 0.0539. The van der Waals surface area contributed by atoms with Crippen LogP contribution in [0.15, 0.2) is 54.6 Å². The van der Waals surface area contributed by atoms with Gasteiger partial charge in [-0.1, -0.05) is 30.3 Å². The van der Waals surface area contributed by atoms with Crippen LogP contribution in [0.25, 0.3) is 0 Å². The maximum Gasteiger partial charge on any atom is 0.303 e. The number of ether oxygens (including phenoxy) is 1. The zero-order valence-corrected chi connectivity index (χ0v) is 16.5. The molecule has 154 valence electrons. The summed E-state index contributed by atoms with van der Waals surface area (Å²) in [5.41, 5.74) is 1.84. The Morgan fingerprint density at radius 2 is 1.86 bits per heavy atom. The van der Waals surface area contributed by atoms with E-state index < -0.39 is 5.97 Å². The lowest BCUT2D eigenvalue weighted by Crippen LogP contribution is -2.40. The van der Waals surface area contributed by atoms with Gasteiger partial charge in [-0.05, 0) is 61.6 Å². The van der Waals surface area contributed by atoms with Gasteiger partial charge in [-0.3, -0.25) is 14.5 Å². The lowest BCUT2D eigenvalue weighted by Gasteiger charge is -2.32. The van der Waals surface area contributed by atoms with Gasteiger partial charge in [0.25, 0.3) is 0 Å². The van der Waals surface area contributed by atoms with E-state index in [1.165, 1.54) is 0 Å². The molecule has 29 heavy (non-hydrogen) atoms. The summed E-state index contributed by atoms with van der Waals surface area (Å²) in [7, 11) is 0. The minimum Gasteiger partial charge on any atom is -0.489 e. The lowest BCUT2D eigenvalue weighted by atomic mass is 9.93. The Labute approximate surface area is 171 Å². The molecule has 6 heteroatoms. The maximum atomic E-state index is 12.4. The first kappa shape index (κ1) is 20.9. The molecule has 0 spiro atoms. The van der Waals surface area contributed by atoms with E-state index in [2.05, 4.69) is 10.2 Å². The molecule has 1 aliphatic heterocycles. The summed E-state index contributed by atoms with van der Waals surface area (Å²) < 4.78 is 5.76. The number of benzene rings is 2. The van der Waals surface area contributed by atoms with Gasteiger partial charge in [-0.25, -0.2) is 0 Å². The summed E-state index contributed by atoms with van der Waals surface area (Å²) in [4.78, 5) is 25.2. The molecule has 1 amide bonds. The van der Waals surface area contributed by atoms with Crippen molar-refractivity contribution in [3.8, 4) is 5.75 Å². The molecular formula is C23H28N2O4. The molecule has 1 heterocycles. The van der Waals surface area contributed by atoms with Crippen LogP contribution in [0, 0.1) is 5.92 Å². The topological polar surface area (TPSA) is 78.9 Å². The van der Waals surface area contributed by atoms with Crippen LogP contribution in [0.2, 0.25) is 0 Å². The van der Waals surface area contributed by atoms with Crippen LogP contribution in [0.5, 0.6) is 5.75 Å². The molecule has 0 aliphatic carbocycles. The number of amides is 1. The summed E-state index contributed by atoms with van der Waals surface area (Å²) in [6.07, 6.45) is 2.92. The van der Waals surface area contributed by atoms with Crippen LogP contribution >= 0.6 is 0 Å². The van der Waals surface area contributed by atoms with E-state index in [0.29, 0.717) is 25.5 Å². The molecule has 0 bridgehead atoms. The molecule has 6 nitrogen and oxygen atoms in total. The Hall–Kier alpha value is -2.86. The molecular weight excluding hydrogens is 368 g/mol. The number of nitrogens with zero attached hydrogens (tertiary/aromatic N) is 1. The highest BCUT2D eigenvalue weighted by Crippen LogP contribution is 2.21. The largest absolute Gasteiger partial charge is 0.489 e. The highest BCUT2D eigenvalue weighted by molar-refractivity contribution is 5.92. The number of carbonyl (C=O) groups is 2. The van der Waals surface area contributed by atoms with Gasteiger partial charge in [0.1, 0.15) is 12.4 Å². The summed E-state index contributed by atoms with van der Waals surface area (Å²) in [5, 5.41) is 11.8. The molecule has 1 atom stereocenters. The van der Waals surface area contributed by atoms with E-state index in [9.17, 15) is 9.59 Å². The van der Waals surface area contributed by atoms with Crippen LogP contribution in [0.3, 0.4) is 0 Å². The maximum absolute atomic E-state index is 12.4. The van der Waals surface area contributed by atoms with Gasteiger partial charge in [0.15, 0.2) is 0 Å². The Morgan fingerprint density at radius 3 is 2.59 bits per heavy atom. The number of nitrogens with one attached hydrogen (secondary N) is 1. The number of hydrogen-bond donors (Lipinski definition) is 2. The van der Waals surface area contributed by atoms with E-state index in [1.807, 2.05) is 54.6 Å². The third-order valence-corrected chi connectivity index (χ3v) is 5.12. The average Bonchev–Trinajstić information content (AvgIpc) is 2.73. The minimum atomic E-state index is -0.754.